The van der Waals surface area contributed by atoms with E-state index >= 15 is 0 Å². The number of H-pyrrole nitrogens is 1. The Morgan fingerprint density at radius 2 is 2.31 bits per heavy atom. The van der Waals surface area contributed by atoms with Gasteiger partial charge in [0.05, 0.1) is 6.04 Å². The Hall–Kier alpha value is -1.70. The lowest BCUT2D eigenvalue weighted by atomic mass is 9.97. The molecule has 0 bridgehead atoms. The summed E-state index contributed by atoms with van der Waals surface area (Å²) in [6.07, 6.45) is 3.36. The van der Waals surface area contributed by atoms with Gasteiger partial charge in [-0.2, -0.15) is 5.10 Å². The van der Waals surface area contributed by atoms with Gasteiger partial charge in [-0.3, -0.25) is 14.8 Å². The van der Waals surface area contributed by atoms with E-state index in [1.54, 1.807) is 11.3 Å². The van der Waals surface area contributed by atoms with Gasteiger partial charge in [0.1, 0.15) is 0 Å². The summed E-state index contributed by atoms with van der Waals surface area (Å²) in [5, 5.41) is 15.9. The quantitative estimate of drug-likeness (QED) is 0.752. The average molecular weight is 374 g/mol. The topological polar surface area (TPSA) is 73.0 Å². The number of nitrogens with zero attached hydrogens (tertiary/aromatic N) is 2. The third-order valence-electron chi connectivity index (χ3n) is 5.61. The normalized spacial score (nSPS) is 19.9. The van der Waals surface area contributed by atoms with Crippen LogP contribution in [0.3, 0.4) is 0 Å². The second-order valence-electron chi connectivity index (χ2n) is 7.42. The number of aromatic nitrogens is 2. The first-order valence-electron chi connectivity index (χ1n) is 9.55. The molecule has 6 nitrogen and oxygen atoms in total. The molecule has 1 amide bonds. The van der Waals surface area contributed by atoms with E-state index in [2.05, 4.69) is 50.2 Å². The van der Waals surface area contributed by atoms with Crippen LogP contribution in [-0.4, -0.2) is 47.2 Å². The van der Waals surface area contributed by atoms with E-state index in [-0.39, 0.29) is 11.9 Å². The first-order chi connectivity index (χ1) is 12.7. The van der Waals surface area contributed by atoms with Gasteiger partial charge < -0.3 is 10.6 Å². The van der Waals surface area contributed by atoms with Gasteiger partial charge in [0.2, 0.25) is 0 Å². The monoisotopic (exact) mass is 373 g/mol. The molecule has 2 aliphatic rings. The zero-order chi connectivity index (χ0) is 17.9. The summed E-state index contributed by atoms with van der Waals surface area (Å²) in [6, 6.07) is 4.52. The number of piperidine rings is 1. The van der Waals surface area contributed by atoms with Crippen molar-refractivity contribution in [3.8, 4) is 0 Å². The second-order valence-corrected chi connectivity index (χ2v) is 8.40. The maximum Gasteiger partial charge on any atom is 0.272 e. The van der Waals surface area contributed by atoms with Crippen molar-refractivity contribution in [3.63, 3.8) is 0 Å². The maximum atomic E-state index is 12.8. The van der Waals surface area contributed by atoms with E-state index < -0.39 is 0 Å². The summed E-state index contributed by atoms with van der Waals surface area (Å²) >= 11 is 1.77. The largest absolute Gasteiger partial charge is 0.349 e. The van der Waals surface area contributed by atoms with E-state index in [1.165, 1.54) is 17.7 Å². The van der Waals surface area contributed by atoms with Gasteiger partial charge in [0, 0.05) is 42.2 Å². The zero-order valence-electron chi connectivity index (χ0n) is 15.3. The molecular weight excluding hydrogens is 346 g/mol. The predicted octanol–water partition coefficient (Wildman–Crippen LogP) is 2.32. The number of thiophene rings is 1. The molecule has 1 atom stereocenters. The summed E-state index contributed by atoms with van der Waals surface area (Å²) in [7, 11) is 0. The van der Waals surface area contributed by atoms with E-state index in [9.17, 15) is 4.79 Å². The highest BCUT2D eigenvalue weighted by atomic mass is 32.1. The Morgan fingerprint density at radius 3 is 3.08 bits per heavy atom. The van der Waals surface area contributed by atoms with Gasteiger partial charge in [-0.1, -0.05) is 13.0 Å². The van der Waals surface area contributed by atoms with Crippen molar-refractivity contribution >= 4 is 17.2 Å². The minimum absolute atomic E-state index is 0.0712. The summed E-state index contributed by atoms with van der Waals surface area (Å²) in [5.41, 5.74) is 2.66. The SMILES string of the molecule is CC1CCN(C(CNC(=O)c2n[nH]c3c2CNCC3)c2cccs2)CC1. The van der Waals surface area contributed by atoms with Crippen molar-refractivity contribution in [3.05, 3.63) is 39.3 Å². The molecule has 0 radical (unpaired) electrons. The first-order valence-corrected chi connectivity index (χ1v) is 10.4. The van der Waals surface area contributed by atoms with Crippen LogP contribution < -0.4 is 10.6 Å². The van der Waals surface area contributed by atoms with Gasteiger partial charge in [0.15, 0.2) is 5.69 Å². The second kappa shape index (κ2) is 7.90. The van der Waals surface area contributed by atoms with Crippen LogP contribution in [0.4, 0.5) is 0 Å². The molecule has 4 rings (SSSR count). The van der Waals surface area contributed by atoms with Crippen LogP contribution in [0.15, 0.2) is 17.5 Å². The van der Waals surface area contributed by atoms with Crippen LogP contribution in [-0.2, 0) is 13.0 Å². The molecule has 2 aliphatic heterocycles. The van der Waals surface area contributed by atoms with E-state index in [0.717, 1.165) is 43.2 Å². The lowest BCUT2D eigenvalue weighted by Gasteiger charge is -2.36. The molecule has 4 heterocycles. The molecule has 26 heavy (non-hydrogen) atoms. The number of hydrogen-bond donors (Lipinski definition) is 3. The first kappa shape index (κ1) is 17.7. The number of aromatic amines is 1. The van der Waals surface area contributed by atoms with Gasteiger partial charge in [-0.05, 0) is 43.3 Å². The smallest absolute Gasteiger partial charge is 0.272 e. The lowest BCUT2D eigenvalue weighted by molar-refractivity contribution is 0.0909. The van der Waals surface area contributed by atoms with Gasteiger partial charge >= 0.3 is 0 Å². The molecule has 140 valence electrons. The Bertz CT molecular complexity index is 733. The van der Waals surface area contributed by atoms with Crippen LogP contribution in [0.1, 0.15) is 52.4 Å². The fraction of sp³-hybridized carbons (Fsp3) is 0.579. The maximum absolute atomic E-state index is 12.8. The fourth-order valence-electron chi connectivity index (χ4n) is 3.92. The van der Waals surface area contributed by atoms with Crippen LogP contribution in [0.2, 0.25) is 0 Å². The summed E-state index contributed by atoms with van der Waals surface area (Å²) < 4.78 is 0. The van der Waals surface area contributed by atoms with Gasteiger partial charge in [0.25, 0.3) is 5.91 Å². The highest BCUT2D eigenvalue weighted by Crippen LogP contribution is 2.29. The Kier molecular flexibility index (Phi) is 5.38. The number of hydrogen-bond acceptors (Lipinski definition) is 5. The van der Waals surface area contributed by atoms with Gasteiger partial charge in [-0.25, -0.2) is 0 Å². The lowest BCUT2D eigenvalue weighted by Crippen LogP contribution is -2.42. The number of fused-ring (bicyclic) bond motifs is 1. The van der Waals surface area contributed by atoms with Crippen LogP contribution >= 0.6 is 11.3 Å². The highest BCUT2D eigenvalue weighted by molar-refractivity contribution is 7.10. The molecule has 1 saturated heterocycles. The number of carbonyl (C=O) groups excluding carboxylic acids is 1. The van der Waals surface area contributed by atoms with E-state index in [4.69, 9.17) is 0 Å². The molecule has 0 aliphatic carbocycles. The van der Waals surface area contributed by atoms with Crippen LogP contribution in [0.25, 0.3) is 0 Å². The number of amides is 1. The van der Waals surface area contributed by atoms with Crippen molar-refractivity contribution in [2.24, 2.45) is 5.92 Å². The minimum Gasteiger partial charge on any atom is -0.349 e. The molecule has 0 aromatic carbocycles. The third-order valence-corrected chi connectivity index (χ3v) is 6.58. The predicted molar refractivity (Wildman–Crippen MR) is 103 cm³/mol. The Labute approximate surface area is 158 Å². The third kappa shape index (κ3) is 3.70. The molecule has 1 unspecified atom stereocenters. The number of likely N-dealkylation sites (tertiary alicyclic amines) is 1. The molecule has 2 aromatic rings. The van der Waals surface area contributed by atoms with Crippen molar-refractivity contribution in [1.29, 1.82) is 0 Å². The van der Waals surface area contributed by atoms with Crippen molar-refractivity contribution in [1.82, 2.24) is 25.7 Å². The van der Waals surface area contributed by atoms with Crippen molar-refractivity contribution in [2.75, 3.05) is 26.2 Å². The van der Waals surface area contributed by atoms with Crippen molar-refractivity contribution < 1.29 is 4.79 Å². The fourth-order valence-corrected chi connectivity index (χ4v) is 4.78. The van der Waals surface area contributed by atoms with Gasteiger partial charge in [-0.15, -0.1) is 11.3 Å². The minimum atomic E-state index is -0.0712. The number of nitrogens with one attached hydrogen (secondary N) is 3. The molecule has 3 N–H and O–H groups in total. The van der Waals surface area contributed by atoms with Crippen LogP contribution in [0, 0.1) is 5.92 Å². The standard InChI is InChI=1S/C19H27N5OS/c1-13-5-8-24(9-6-13)16(17-3-2-10-26-17)12-21-19(25)18-14-11-20-7-4-15(14)22-23-18/h2-3,10,13,16,20H,4-9,11-12H2,1H3,(H,21,25)(H,22,23). The molecule has 0 spiro atoms. The summed E-state index contributed by atoms with van der Waals surface area (Å²) in [5.74, 6) is 0.728. The van der Waals surface area contributed by atoms with E-state index in [1.807, 2.05) is 0 Å². The Morgan fingerprint density at radius 1 is 1.46 bits per heavy atom. The van der Waals surface area contributed by atoms with Crippen LogP contribution in [0.5, 0.6) is 0 Å². The molecule has 7 heteroatoms. The number of carbonyl (C=O) groups is 1. The highest BCUT2D eigenvalue weighted by Gasteiger charge is 2.27. The number of rotatable bonds is 5. The summed E-state index contributed by atoms with van der Waals surface area (Å²) in [6.45, 7) is 6.80. The van der Waals surface area contributed by atoms with E-state index in [0.29, 0.717) is 18.8 Å². The van der Waals surface area contributed by atoms with Crippen molar-refractivity contribution in [2.45, 2.75) is 38.8 Å². The molecule has 0 saturated carbocycles. The Balaban J connectivity index is 1.44. The zero-order valence-corrected chi connectivity index (χ0v) is 16.1. The molecule has 2 aromatic heterocycles. The molecular formula is C19H27N5OS. The average Bonchev–Trinajstić information content (AvgIpc) is 3.33. The molecule has 1 fully saturated rings. The summed E-state index contributed by atoms with van der Waals surface area (Å²) in [4.78, 5) is 16.6.